The summed E-state index contributed by atoms with van der Waals surface area (Å²) in [5, 5.41) is 9.16. The maximum Gasteiger partial charge on any atom is 0.251 e. The Morgan fingerprint density at radius 1 is 1.31 bits per heavy atom. The van der Waals surface area contributed by atoms with Gasteiger partial charge in [-0.05, 0) is 17.2 Å². The zero-order valence-electron chi connectivity index (χ0n) is 9.27. The SMILES string of the molecule is CN(C)C(=O)C1(C#N)C=C1c1ccccc1. The van der Waals surface area contributed by atoms with Crippen LogP contribution in [0.3, 0.4) is 0 Å². The van der Waals surface area contributed by atoms with Gasteiger partial charge in [0.25, 0.3) is 5.91 Å². The van der Waals surface area contributed by atoms with E-state index >= 15 is 0 Å². The molecule has 3 nitrogen and oxygen atoms in total. The van der Waals surface area contributed by atoms with E-state index in [-0.39, 0.29) is 5.91 Å². The van der Waals surface area contributed by atoms with Gasteiger partial charge in [0.1, 0.15) is 0 Å². The van der Waals surface area contributed by atoms with E-state index in [0.717, 1.165) is 11.1 Å². The first-order valence-corrected chi connectivity index (χ1v) is 5.03. The summed E-state index contributed by atoms with van der Waals surface area (Å²) in [6, 6.07) is 11.6. The summed E-state index contributed by atoms with van der Waals surface area (Å²) >= 11 is 0. The number of hydrogen-bond donors (Lipinski definition) is 0. The Labute approximate surface area is 94.6 Å². The lowest BCUT2D eigenvalue weighted by Crippen LogP contribution is -2.31. The van der Waals surface area contributed by atoms with Crippen LogP contribution >= 0.6 is 0 Å². The van der Waals surface area contributed by atoms with Crippen LogP contribution in [-0.2, 0) is 4.79 Å². The van der Waals surface area contributed by atoms with Crippen molar-refractivity contribution in [1.29, 1.82) is 5.26 Å². The van der Waals surface area contributed by atoms with Crippen LogP contribution in [-0.4, -0.2) is 24.9 Å². The minimum atomic E-state index is -1.02. The topological polar surface area (TPSA) is 44.1 Å². The van der Waals surface area contributed by atoms with Crippen molar-refractivity contribution in [3.05, 3.63) is 42.0 Å². The zero-order valence-corrected chi connectivity index (χ0v) is 9.27. The largest absolute Gasteiger partial charge is 0.347 e. The molecule has 0 aliphatic heterocycles. The molecule has 1 amide bonds. The molecule has 1 aliphatic carbocycles. The van der Waals surface area contributed by atoms with Crippen molar-refractivity contribution in [2.45, 2.75) is 0 Å². The summed E-state index contributed by atoms with van der Waals surface area (Å²) in [4.78, 5) is 13.3. The second kappa shape index (κ2) is 3.49. The minimum absolute atomic E-state index is 0.172. The molecule has 0 saturated carbocycles. The smallest absolute Gasteiger partial charge is 0.251 e. The van der Waals surface area contributed by atoms with Gasteiger partial charge in [0, 0.05) is 14.1 Å². The van der Waals surface area contributed by atoms with Gasteiger partial charge in [0.2, 0.25) is 0 Å². The standard InChI is InChI=1S/C13H12N2O/c1-15(2)12(16)13(9-14)8-11(13)10-6-4-3-5-7-10/h3-8H,1-2H3. The van der Waals surface area contributed by atoms with Crippen molar-refractivity contribution in [1.82, 2.24) is 4.90 Å². The third-order valence-corrected chi connectivity index (χ3v) is 2.71. The summed E-state index contributed by atoms with van der Waals surface area (Å²) < 4.78 is 0. The fourth-order valence-electron chi connectivity index (χ4n) is 1.78. The van der Waals surface area contributed by atoms with Crippen molar-refractivity contribution >= 4 is 11.5 Å². The monoisotopic (exact) mass is 212 g/mol. The highest BCUT2D eigenvalue weighted by molar-refractivity contribution is 6.10. The van der Waals surface area contributed by atoms with Gasteiger partial charge in [-0.3, -0.25) is 4.79 Å². The van der Waals surface area contributed by atoms with Crippen LogP contribution in [0.25, 0.3) is 5.57 Å². The first-order chi connectivity index (χ1) is 7.62. The van der Waals surface area contributed by atoms with E-state index in [2.05, 4.69) is 6.07 Å². The van der Waals surface area contributed by atoms with Gasteiger partial charge in [0.15, 0.2) is 5.41 Å². The van der Waals surface area contributed by atoms with E-state index in [9.17, 15) is 4.79 Å². The highest BCUT2D eigenvalue weighted by atomic mass is 16.2. The molecule has 1 aromatic rings. The molecule has 1 aromatic carbocycles. The van der Waals surface area contributed by atoms with Crippen LogP contribution in [0.2, 0.25) is 0 Å². The third kappa shape index (κ3) is 1.40. The zero-order chi connectivity index (χ0) is 11.8. The predicted octanol–water partition coefficient (Wildman–Crippen LogP) is 1.68. The second-order valence-corrected chi connectivity index (χ2v) is 4.04. The summed E-state index contributed by atoms with van der Waals surface area (Å²) in [5.74, 6) is -0.172. The van der Waals surface area contributed by atoms with Crippen molar-refractivity contribution in [3.63, 3.8) is 0 Å². The molecule has 0 radical (unpaired) electrons. The number of benzene rings is 1. The van der Waals surface area contributed by atoms with Gasteiger partial charge in [-0.1, -0.05) is 30.3 Å². The fourth-order valence-corrected chi connectivity index (χ4v) is 1.78. The summed E-state index contributed by atoms with van der Waals surface area (Å²) in [5.41, 5.74) is 0.735. The Bertz CT molecular complexity index is 496. The van der Waals surface area contributed by atoms with Gasteiger partial charge in [0.05, 0.1) is 6.07 Å². The fraction of sp³-hybridized carbons (Fsp3) is 0.231. The molecule has 1 atom stereocenters. The van der Waals surface area contributed by atoms with Crippen molar-refractivity contribution < 1.29 is 4.79 Å². The number of carbonyl (C=O) groups is 1. The van der Waals surface area contributed by atoms with E-state index in [1.807, 2.05) is 30.3 Å². The molecule has 0 fully saturated rings. The first kappa shape index (κ1) is 10.4. The Hall–Kier alpha value is -2.08. The van der Waals surface area contributed by atoms with Gasteiger partial charge in [-0.15, -0.1) is 0 Å². The molecule has 80 valence electrons. The summed E-state index contributed by atoms with van der Waals surface area (Å²) in [6.07, 6.45) is 1.73. The molecule has 1 aliphatic rings. The molecule has 16 heavy (non-hydrogen) atoms. The van der Waals surface area contributed by atoms with Gasteiger partial charge < -0.3 is 4.90 Å². The lowest BCUT2D eigenvalue weighted by molar-refractivity contribution is -0.131. The lowest BCUT2D eigenvalue weighted by atomic mass is 9.96. The Kier molecular flexibility index (Phi) is 2.28. The molecule has 0 saturated heterocycles. The number of amides is 1. The molecule has 0 heterocycles. The summed E-state index contributed by atoms with van der Waals surface area (Å²) in [7, 11) is 3.33. The molecular weight excluding hydrogens is 200 g/mol. The Morgan fingerprint density at radius 3 is 2.44 bits per heavy atom. The normalized spacial score (nSPS) is 21.9. The molecule has 2 rings (SSSR count). The van der Waals surface area contributed by atoms with Crippen LogP contribution in [0.15, 0.2) is 36.4 Å². The van der Waals surface area contributed by atoms with Crippen LogP contribution in [0.4, 0.5) is 0 Å². The van der Waals surface area contributed by atoms with Gasteiger partial charge in [-0.2, -0.15) is 5.26 Å². The van der Waals surface area contributed by atoms with Crippen LogP contribution in [0, 0.1) is 16.7 Å². The highest BCUT2D eigenvalue weighted by Gasteiger charge is 2.52. The minimum Gasteiger partial charge on any atom is -0.347 e. The highest BCUT2D eigenvalue weighted by Crippen LogP contribution is 2.51. The molecule has 1 unspecified atom stereocenters. The van der Waals surface area contributed by atoms with Gasteiger partial charge in [-0.25, -0.2) is 0 Å². The van der Waals surface area contributed by atoms with Crippen LogP contribution in [0.1, 0.15) is 5.56 Å². The van der Waals surface area contributed by atoms with Gasteiger partial charge >= 0.3 is 0 Å². The summed E-state index contributed by atoms with van der Waals surface area (Å²) in [6.45, 7) is 0. The third-order valence-electron chi connectivity index (χ3n) is 2.71. The van der Waals surface area contributed by atoms with E-state index in [4.69, 9.17) is 5.26 Å². The maximum absolute atomic E-state index is 11.9. The van der Waals surface area contributed by atoms with E-state index in [1.165, 1.54) is 4.90 Å². The number of carbonyl (C=O) groups excluding carboxylic acids is 1. The number of nitriles is 1. The Morgan fingerprint density at radius 2 is 1.94 bits per heavy atom. The molecular formula is C13H12N2O. The molecule has 0 N–H and O–H groups in total. The predicted molar refractivity (Wildman–Crippen MR) is 61.2 cm³/mol. The molecule has 0 aromatic heterocycles. The molecule has 0 spiro atoms. The van der Waals surface area contributed by atoms with Crippen molar-refractivity contribution in [2.75, 3.05) is 14.1 Å². The quantitative estimate of drug-likeness (QED) is 0.748. The van der Waals surface area contributed by atoms with E-state index < -0.39 is 5.41 Å². The Balaban J connectivity index is 2.28. The van der Waals surface area contributed by atoms with Crippen LogP contribution in [0.5, 0.6) is 0 Å². The lowest BCUT2D eigenvalue weighted by Gasteiger charge is -2.15. The maximum atomic E-state index is 11.9. The average molecular weight is 212 g/mol. The number of rotatable bonds is 2. The van der Waals surface area contributed by atoms with Crippen LogP contribution < -0.4 is 0 Å². The number of hydrogen-bond acceptors (Lipinski definition) is 2. The number of nitrogens with zero attached hydrogens (tertiary/aromatic N) is 2. The van der Waals surface area contributed by atoms with Crippen molar-refractivity contribution in [2.24, 2.45) is 5.41 Å². The average Bonchev–Trinajstić information content (AvgIpc) is 3.05. The first-order valence-electron chi connectivity index (χ1n) is 5.03. The van der Waals surface area contributed by atoms with E-state index in [0.29, 0.717) is 0 Å². The second-order valence-electron chi connectivity index (χ2n) is 4.04. The molecule has 3 heteroatoms. The molecule has 0 bridgehead atoms. The van der Waals surface area contributed by atoms with Crippen molar-refractivity contribution in [3.8, 4) is 6.07 Å². The van der Waals surface area contributed by atoms with E-state index in [1.54, 1.807) is 20.2 Å².